The molecular formula is C18H18F2N2O3. The van der Waals surface area contributed by atoms with Crippen LogP contribution in [0.25, 0.3) is 0 Å². The summed E-state index contributed by atoms with van der Waals surface area (Å²) in [7, 11) is 0. The van der Waals surface area contributed by atoms with Crippen LogP contribution in [0.2, 0.25) is 0 Å². The van der Waals surface area contributed by atoms with Gasteiger partial charge in [-0.05, 0) is 44.2 Å². The third kappa shape index (κ3) is 5.00. The number of halogens is 2. The smallest absolute Gasteiger partial charge is 0.255 e. The fourth-order valence-electron chi connectivity index (χ4n) is 2.10. The van der Waals surface area contributed by atoms with Gasteiger partial charge in [0.2, 0.25) is 5.91 Å². The highest BCUT2D eigenvalue weighted by Crippen LogP contribution is 2.27. The van der Waals surface area contributed by atoms with Crippen LogP contribution >= 0.6 is 0 Å². The predicted octanol–water partition coefficient (Wildman–Crippen LogP) is 3.96. The van der Waals surface area contributed by atoms with Crippen LogP contribution in [0.3, 0.4) is 0 Å². The van der Waals surface area contributed by atoms with Crippen molar-refractivity contribution in [1.82, 2.24) is 0 Å². The van der Waals surface area contributed by atoms with Gasteiger partial charge < -0.3 is 15.4 Å². The van der Waals surface area contributed by atoms with E-state index >= 15 is 0 Å². The lowest BCUT2D eigenvalue weighted by Crippen LogP contribution is -2.16. The second kappa shape index (κ2) is 7.74. The summed E-state index contributed by atoms with van der Waals surface area (Å²) in [6.07, 6.45) is -0.168. The molecule has 2 aromatic rings. The highest BCUT2D eigenvalue weighted by atomic mass is 19.1. The lowest BCUT2D eigenvalue weighted by atomic mass is 10.1. The Hall–Kier alpha value is -2.96. The van der Waals surface area contributed by atoms with Crippen molar-refractivity contribution in [3.8, 4) is 5.75 Å². The number of hydrogen-bond donors (Lipinski definition) is 2. The zero-order valence-electron chi connectivity index (χ0n) is 14.0. The zero-order valence-corrected chi connectivity index (χ0v) is 14.0. The van der Waals surface area contributed by atoms with E-state index < -0.39 is 23.4 Å². The van der Waals surface area contributed by atoms with Gasteiger partial charge in [-0.2, -0.15) is 0 Å². The molecule has 0 radical (unpaired) electrons. The van der Waals surface area contributed by atoms with Crippen LogP contribution in [0, 0.1) is 11.6 Å². The summed E-state index contributed by atoms with van der Waals surface area (Å²) in [5.41, 5.74) is 0.145. The molecule has 0 aliphatic heterocycles. The number of amides is 2. The Labute approximate surface area is 144 Å². The van der Waals surface area contributed by atoms with Crippen molar-refractivity contribution in [1.29, 1.82) is 0 Å². The highest BCUT2D eigenvalue weighted by Gasteiger charge is 2.14. The normalized spacial score (nSPS) is 10.5. The summed E-state index contributed by atoms with van der Waals surface area (Å²) in [4.78, 5) is 23.5. The van der Waals surface area contributed by atoms with Gasteiger partial charge in [-0.15, -0.1) is 0 Å². The zero-order chi connectivity index (χ0) is 18.6. The minimum atomic E-state index is -0.665. The van der Waals surface area contributed by atoms with Gasteiger partial charge in [0.15, 0.2) is 0 Å². The van der Waals surface area contributed by atoms with E-state index in [4.69, 9.17) is 4.74 Å². The number of rotatable bonds is 5. The maximum absolute atomic E-state index is 13.7. The topological polar surface area (TPSA) is 67.4 Å². The van der Waals surface area contributed by atoms with Crippen molar-refractivity contribution in [3.63, 3.8) is 0 Å². The molecule has 7 heteroatoms. The molecule has 0 unspecified atom stereocenters. The van der Waals surface area contributed by atoms with E-state index in [1.54, 1.807) is 13.8 Å². The summed E-state index contributed by atoms with van der Waals surface area (Å²) < 4.78 is 32.7. The minimum absolute atomic E-state index is 0.102. The molecule has 132 valence electrons. The largest absolute Gasteiger partial charge is 0.489 e. The lowest BCUT2D eigenvalue weighted by Gasteiger charge is -2.15. The van der Waals surface area contributed by atoms with Gasteiger partial charge in [0.05, 0.1) is 17.5 Å². The van der Waals surface area contributed by atoms with E-state index in [-0.39, 0.29) is 23.0 Å². The molecule has 0 bridgehead atoms. The SMILES string of the molecule is CC(=O)Nc1cc(C(=O)Nc2cc(F)ccc2OC(C)C)ccc1F. The van der Waals surface area contributed by atoms with E-state index in [0.717, 1.165) is 12.1 Å². The number of ether oxygens (including phenoxy) is 1. The second-order valence-electron chi connectivity index (χ2n) is 5.64. The number of carbonyl (C=O) groups excluding carboxylic acids is 2. The van der Waals surface area contributed by atoms with Crippen LogP contribution < -0.4 is 15.4 Å². The number of nitrogens with one attached hydrogen (secondary N) is 2. The molecule has 25 heavy (non-hydrogen) atoms. The van der Waals surface area contributed by atoms with Crippen molar-refractivity contribution in [2.24, 2.45) is 0 Å². The standard InChI is InChI=1S/C18H18F2N2O3/c1-10(2)25-17-7-5-13(19)9-16(17)22-18(24)12-4-6-14(20)15(8-12)21-11(3)23/h4-10H,1-3H3,(H,21,23)(H,22,24). The highest BCUT2D eigenvalue weighted by molar-refractivity contribution is 6.06. The summed E-state index contributed by atoms with van der Waals surface area (Å²) in [5.74, 6) is -1.94. The Morgan fingerprint density at radius 1 is 1.00 bits per heavy atom. The van der Waals surface area contributed by atoms with E-state index in [9.17, 15) is 18.4 Å². The van der Waals surface area contributed by atoms with Crippen LogP contribution in [-0.2, 0) is 4.79 Å². The fourth-order valence-corrected chi connectivity index (χ4v) is 2.10. The van der Waals surface area contributed by atoms with E-state index in [1.807, 2.05) is 0 Å². The molecule has 0 saturated carbocycles. The van der Waals surface area contributed by atoms with E-state index in [0.29, 0.717) is 5.75 Å². The molecule has 0 aliphatic rings. The van der Waals surface area contributed by atoms with Crippen molar-refractivity contribution in [3.05, 3.63) is 53.6 Å². The Morgan fingerprint density at radius 2 is 1.72 bits per heavy atom. The van der Waals surface area contributed by atoms with Crippen LogP contribution in [0.15, 0.2) is 36.4 Å². The average Bonchev–Trinajstić information content (AvgIpc) is 2.51. The Kier molecular flexibility index (Phi) is 5.69. The number of anilines is 2. The molecule has 0 fully saturated rings. The van der Waals surface area contributed by atoms with Gasteiger partial charge in [-0.1, -0.05) is 0 Å². The first-order valence-corrected chi connectivity index (χ1v) is 7.61. The minimum Gasteiger partial charge on any atom is -0.489 e. The van der Waals surface area contributed by atoms with E-state index in [2.05, 4.69) is 10.6 Å². The molecule has 2 amide bonds. The van der Waals surface area contributed by atoms with Gasteiger partial charge in [0.1, 0.15) is 17.4 Å². The molecule has 5 nitrogen and oxygen atoms in total. The van der Waals surface area contributed by atoms with Gasteiger partial charge in [0.25, 0.3) is 5.91 Å². The Bertz CT molecular complexity index is 807. The third-order valence-electron chi connectivity index (χ3n) is 3.09. The van der Waals surface area contributed by atoms with Crippen molar-refractivity contribution >= 4 is 23.2 Å². The van der Waals surface area contributed by atoms with Crippen molar-refractivity contribution < 1.29 is 23.1 Å². The molecular weight excluding hydrogens is 330 g/mol. The van der Waals surface area contributed by atoms with Crippen LogP contribution in [-0.4, -0.2) is 17.9 Å². The summed E-state index contributed by atoms with van der Waals surface area (Å²) in [6, 6.07) is 7.30. The second-order valence-corrected chi connectivity index (χ2v) is 5.64. The van der Waals surface area contributed by atoms with Gasteiger partial charge in [0, 0.05) is 18.6 Å². The molecule has 2 rings (SSSR count). The molecule has 2 N–H and O–H groups in total. The molecule has 0 saturated heterocycles. The lowest BCUT2D eigenvalue weighted by molar-refractivity contribution is -0.114. The molecule has 0 atom stereocenters. The van der Waals surface area contributed by atoms with Gasteiger partial charge >= 0.3 is 0 Å². The maximum atomic E-state index is 13.7. The first kappa shape index (κ1) is 18.4. The van der Waals surface area contributed by atoms with Crippen molar-refractivity contribution in [2.75, 3.05) is 10.6 Å². The fraction of sp³-hybridized carbons (Fsp3) is 0.222. The molecule has 2 aromatic carbocycles. The number of carbonyl (C=O) groups is 2. The first-order chi connectivity index (χ1) is 11.8. The van der Waals surface area contributed by atoms with Crippen molar-refractivity contribution in [2.45, 2.75) is 26.9 Å². The summed E-state index contributed by atoms with van der Waals surface area (Å²) >= 11 is 0. The number of hydrogen-bond acceptors (Lipinski definition) is 3. The predicted molar refractivity (Wildman–Crippen MR) is 90.8 cm³/mol. The van der Waals surface area contributed by atoms with Crippen LogP contribution in [0.5, 0.6) is 5.75 Å². The monoisotopic (exact) mass is 348 g/mol. The van der Waals surface area contributed by atoms with E-state index in [1.165, 1.54) is 31.2 Å². The number of benzene rings is 2. The quantitative estimate of drug-likeness (QED) is 0.859. The Balaban J connectivity index is 2.28. The maximum Gasteiger partial charge on any atom is 0.255 e. The van der Waals surface area contributed by atoms with Crippen LogP contribution in [0.1, 0.15) is 31.1 Å². The molecule has 0 heterocycles. The Morgan fingerprint density at radius 3 is 2.36 bits per heavy atom. The first-order valence-electron chi connectivity index (χ1n) is 7.61. The molecule has 0 spiro atoms. The average molecular weight is 348 g/mol. The summed E-state index contributed by atoms with van der Waals surface area (Å²) in [6.45, 7) is 4.83. The molecule has 0 aromatic heterocycles. The van der Waals surface area contributed by atoms with Gasteiger partial charge in [-0.25, -0.2) is 8.78 Å². The van der Waals surface area contributed by atoms with Crippen LogP contribution in [0.4, 0.5) is 20.2 Å². The third-order valence-corrected chi connectivity index (χ3v) is 3.09. The van der Waals surface area contributed by atoms with Gasteiger partial charge in [-0.3, -0.25) is 9.59 Å². The summed E-state index contributed by atoms with van der Waals surface area (Å²) in [5, 5.41) is 4.83. The molecule has 0 aliphatic carbocycles.